The lowest BCUT2D eigenvalue weighted by Gasteiger charge is -2.12. The van der Waals surface area contributed by atoms with Crippen LogP contribution in [0.2, 0.25) is 0 Å². The van der Waals surface area contributed by atoms with Gasteiger partial charge in [-0.15, -0.1) is 11.3 Å². The smallest absolute Gasteiger partial charge is 0.311 e. The number of sulfonamides is 1. The summed E-state index contributed by atoms with van der Waals surface area (Å²) >= 11 is 1.16. The Kier molecular flexibility index (Phi) is 8.24. The van der Waals surface area contributed by atoms with Crippen LogP contribution in [0.25, 0.3) is 0 Å². The minimum atomic E-state index is -3.95. The fraction of sp³-hybridized carbons (Fsp3) is 0.261. The third-order valence-corrected chi connectivity index (χ3v) is 6.89. The molecule has 0 spiro atoms. The van der Waals surface area contributed by atoms with Gasteiger partial charge in [0, 0.05) is 16.6 Å². The second-order valence-corrected chi connectivity index (χ2v) is 9.63. The number of anilines is 2. The number of hydrogen-bond acceptors (Lipinski definition) is 8. The van der Waals surface area contributed by atoms with Gasteiger partial charge in [-0.05, 0) is 62.7 Å². The molecule has 2 N–H and O–H groups in total. The molecule has 1 heterocycles. The Morgan fingerprint density at radius 2 is 1.79 bits per heavy atom. The molecular formula is C23H25N3O6S2. The molecule has 0 aliphatic heterocycles. The van der Waals surface area contributed by atoms with Crippen molar-refractivity contribution in [2.75, 3.05) is 23.3 Å². The molecule has 0 radical (unpaired) electrons. The van der Waals surface area contributed by atoms with Gasteiger partial charge in [0.2, 0.25) is 0 Å². The molecule has 3 rings (SSSR count). The van der Waals surface area contributed by atoms with Gasteiger partial charge >= 0.3 is 5.97 Å². The van der Waals surface area contributed by atoms with Gasteiger partial charge in [-0.3, -0.25) is 19.6 Å². The second-order valence-electron chi connectivity index (χ2n) is 7.12. The Hall–Kier alpha value is -3.44. The Balaban J connectivity index is 1.74. The van der Waals surface area contributed by atoms with Crippen LogP contribution in [0.3, 0.4) is 0 Å². The summed E-state index contributed by atoms with van der Waals surface area (Å²) in [6, 6.07) is 11.0. The van der Waals surface area contributed by atoms with Crippen LogP contribution in [0.5, 0.6) is 5.75 Å². The lowest BCUT2D eigenvalue weighted by atomic mass is 10.1. The van der Waals surface area contributed by atoms with E-state index in [-0.39, 0.29) is 23.5 Å². The third kappa shape index (κ3) is 6.55. The molecule has 11 heteroatoms. The average molecular weight is 504 g/mol. The number of thiazole rings is 1. The van der Waals surface area contributed by atoms with Gasteiger partial charge in [-0.2, -0.15) is 0 Å². The highest BCUT2D eigenvalue weighted by molar-refractivity contribution is 7.92. The summed E-state index contributed by atoms with van der Waals surface area (Å²) in [5, 5.41) is 4.58. The van der Waals surface area contributed by atoms with Crippen molar-refractivity contribution in [2.24, 2.45) is 0 Å². The lowest BCUT2D eigenvalue weighted by molar-refractivity contribution is -0.142. The molecule has 1 aromatic heterocycles. The van der Waals surface area contributed by atoms with Crippen LogP contribution in [-0.4, -0.2) is 38.5 Å². The van der Waals surface area contributed by atoms with E-state index in [0.717, 1.165) is 11.3 Å². The highest BCUT2D eigenvalue weighted by Gasteiger charge is 2.20. The van der Waals surface area contributed by atoms with Crippen molar-refractivity contribution in [3.63, 3.8) is 0 Å². The van der Waals surface area contributed by atoms with Crippen LogP contribution in [0.15, 0.2) is 52.7 Å². The molecule has 0 aliphatic carbocycles. The molecule has 180 valence electrons. The summed E-state index contributed by atoms with van der Waals surface area (Å²) in [4.78, 5) is 28.5. The maximum atomic E-state index is 13.0. The van der Waals surface area contributed by atoms with Gasteiger partial charge in [0.15, 0.2) is 5.13 Å². The molecular weight excluding hydrogens is 478 g/mol. The summed E-state index contributed by atoms with van der Waals surface area (Å²) in [6.45, 7) is 6.01. The molecule has 0 aliphatic rings. The van der Waals surface area contributed by atoms with Crippen LogP contribution in [0.1, 0.15) is 35.5 Å². The van der Waals surface area contributed by atoms with E-state index in [4.69, 9.17) is 9.47 Å². The summed E-state index contributed by atoms with van der Waals surface area (Å²) in [5.41, 5.74) is 1.49. The van der Waals surface area contributed by atoms with Gasteiger partial charge in [0.05, 0.1) is 30.2 Å². The molecule has 9 nitrogen and oxygen atoms in total. The van der Waals surface area contributed by atoms with Crippen LogP contribution in [0, 0.1) is 6.92 Å². The first-order chi connectivity index (χ1) is 16.2. The molecule has 34 heavy (non-hydrogen) atoms. The van der Waals surface area contributed by atoms with E-state index in [9.17, 15) is 18.0 Å². The van der Waals surface area contributed by atoms with Gasteiger partial charge in [-0.1, -0.05) is 6.07 Å². The SMILES string of the molecule is CCOC(=O)Cc1csc(NC(=O)c2ccc(C)c(S(=O)(=O)Nc3ccc(OCC)cc3)c2)n1. The predicted octanol–water partition coefficient (Wildman–Crippen LogP) is 4.01. The topological polar surface area (TPSA) is 124 Å². The normalized spacial score (nSPS) is 11.0. The quantitative estimate of drug-likeness (QED) is 0.401. The van der Waals surface area contributed by atoms with Crippen molar-refractivity contribution in [3.8, 4) is 5.75 Å². The zero-order chi connectivity index (χ0) is 24.7. The number of hydrogen-bond donors (Lipinski definition) is 2. The molecule has 1 amide bonds. The Morgan fingerprint density at radius 3 is 2.47 bits per heavy atom. The first-order valence-electron chi connectivity index (χ1n) is 10.5. The van der Waals surface area contributed by atoms with Crippen LogP contribution in [-0.2, 0) is 26.0 Å². The van der Waals surface area contributed by atoms with E-state index in [1.54, 1.807) is 49.6 Å². The largest absolute Gasteiger partial charge is 0.494 e. The number of amides is 1. The Morgan fingerprint density at radius 1 is 1.06 bits per heavy atom. The zero-order valence-electron chi connectivity index (χ0n) is 19.0. The van der Waals surface area contributed by atoms with Gasteiger partial charge < -0.3 is 9.47 Å². The first-order valence-corrected chi connectivity index (χ1v) is 12.9. The summed E-state index contributed by atoms with van der Waals surface area (Å²) in [7, 11) is -3.95. The number of aryl methyl sites for hydroxylation is 1. The van der Waals surface area contributed by atoms with Crippen molar-refractivity contribution in [3.05, 3.63) is 64.7 Å². The average Bonchev–Trinajstić information content (AvgIpc) is 3.21. The predicted molar refractivity (Wildman–Crippen MR) is 130 cm³/mol. The third-order valence-electron chi connectivity index (χ3n) is 4.56. The molecule has 2 aromatic carbocycles. The van der Waals surface area contributed by atoms with Gasteiger partial charge in [-0.25, -0.2) is 13.4 Å². The van der Waals surface area contributed by atoms with Crippen molar-refractivity contribution >= 4 is 44.1 Å². The number of esters is 1. The molecule has 0 fully saturated rings. The molecule has 0 saturated carbocycles. The lowest BCUT2D eigenvalue weighted by Crippen LogP contribution is -2.17. The number of carbonyl (C=O) groups excluding carboxylic acids is 2. The van der Waals surface area contributed by atoms with Crippen molar-refractivity contribution in [1.29, 1.82) is 0 Å². The number of aromatic nitrogens is 1. The van der Waals surface area contributed by atoms with E-state index < -0.39 is 21.9 Å². The van der Waals surface area contributed by atoms with E-state index >= 15 is 0 Å². The van der Waals surface area contributed by atoms with Gasteiger partial charge in [0.1, 0.15) is 5.75 Å². The second kappa shape index (κ2) is 11.1. The van der Waals surface area contributed by atoms with Crippen LogP contribution < -0.4 is 14.8 Å². The van der Waals surface area contributed by atoms with Crippen molar-refractivity contribution in [2.45, 2.75) is 32.1 Å². The number of benzene rings is 2. The van der Waals surface area contributed by atoms with E-state index in [1.807, 2.05) is 6.92 Å². The number of nitrogens with zero attached hydrogens (tertiary/aromatic N) is 1. The number of ether oxygens (including phenoxy) is 2. The van der Waals surface area contributed by atoms with E-state index in [2.05, 4.69) is 15.0 Å². The fourth-order valence-corrected chi connectivity index (χ4v) is 5.04. The Labute approximate surface area is 202 Å². The van der Waals surface area contributed by atoms with Crippen molar-refractivity contribution in [1.82, 2.24) is 4.98 Å². The Bertz CT molecular complexity index is 1270. The highest BCUT2D eigenvalue weighted by atomic mass is 32.2. The molecule has 3 aromatic rings. The van der Waals surface area contributed by atoms with Crippen molar-refractivity contribution < 1.29 is 27.5 Å². The van der Waals surface area contributed by atoms with Crippen LogP contribution >= 0.6 is 11.3 Å². The maximum Gasteiger partial charge on any atom is 0.311 e. The first kappa shape index (κ1) is 25.2. The minimum absolute atomic E-state index is 0.00432. The minimum Gasteiger partial charge on any atom is -0.494 e. The summed E-state index contributed by atoms with van der Waals surface area (Å²) in [6.07, 6.45) is 0.00432. The number of nitrogens with one attached hydrogen (secondary N) is 2. The van der Waals surface area contributed by atoms with E-state index in [1.165, 1.54) is 12.1 Å². The van der Waals surface area contributed by atoms with E-state index in [0.29, 0.717) is 34.4 Å². The standard InChI is InChI=1S/C23H25N3O6S2/c1-4-31-19-10-8-17(9-11-19)26-34(29,30)20-12-16(7-6-15(20)3)22(28)25-23-24-18(14-33-23)13-21(27)32-5-2/h6-12,14,26H,4-5,13H2,1-3H3,(H,24,25,28). The maximum absolute atomic E-state index is 13.0. The monoisotopic (exact) mass is 503 g/mol. The highest BCUT2D eigenvalue weighted by Crippen LogP contribution is 2.24. The molecule has 0 bridgehead atoms. The molecule has 0 unspecified atom stereocenters. The molecule has 0 saturated heterocycles. The van der Waals surface area contributed by atoms with Gasteiger partial charge in [0.25, 0.3) is 15.9 Å². The fourth-order valence-electron chi connectivity index (χ4n) is 3.00. The van der Waals surface area contributed by atoms with Crippen LogP contribution in [0.4, 0.5) is 10.8 Å². The number of rotatable bonds is 10. The summed E-state index contributed by atoms with van der Waals surface area (Å²) < 4.78 is 38.8. The molecule has 0 atom stereocenters. The zero-order valence-corrected chi connectivity index (χ0v) is 20.6. The number of carbonyl (C=O) groups is 2. The summed E-state index contributed by atoms with van der Waals surface area (Å²) in [5.74, 6) is -0.290.